The normalized spacial score (nSPS) is 14.6. The van der Waals surface area contributed by atoms with Crippen LogP contribution in [0.1, 0.15) is 40.7 Å². The van der Waals surface area contributed by atoms with Crippen molar-refractivity contribution >= 4 is 11.4 Å². The molecule has 116 valence electrons. The molecule has 0 amide bonds. The molecule has 0 fully saturated rings. The lowest BCUT2D eigenvalue weighted by Gasteiger charge is -2.27. The number of hydrogen-bond acceptors (Lipinski definition) is 2. The molecule has 22 heavy (non-hydrogen) atoms. The molecule has 0 saturated carbocycles. The van der Waals surface area contributed by atoms with Crippen LogP contribution in [0.2, 0.25) is 0 Å². The Morgan fingerprint density at radius 1 is 1.05 bits per heavy atom. The molecule has 0 bridgehead atoms. The van der Waals surface area contributed by atoms with E-state index in [1.54, 1.807) is 0 Å². The van der Waals surface area contributed by atoms with Crippen LogP contribution in [0.3, 0.4) is 0 Å². The molecule has 3 rings (SSSR count). The van der Waals surface area contributed by atoms with Gasteiger partial charge in [0, 0.05) is 24.5 Å². The van der Waals surface area contributed by atoms with E-state index in [0.29, 0.717) is 0 Å². The van der Waals surface area contributed by atoms with E-state index in [-0.39, 0.29) is 0 Å². The maximum Gasteiger partial charge on any atom is 0.0429 e. The van der Waals surface area contributed by atoms with Crippen molar-refractivity contribution < 1.29 is 0 Å². The minimum Gasteiger partial charge on any atom is -0.398 e. The molecule has 1 heterocycles. The maximum absolute atomic E-state index is 6.25. The van der Waals surface area contributed by atoms with Crippen molar-refractivity contribution in [3.05, 3.63) is 58.1 Å². The van der Waals surface area contributed by atoms with Crippen molar-refractivity contribution in [2.24, 2.45) is 0 Å². The first-order valence-electron chi connectivity index (χ1n) is 8.25. The molecular formula is C20H26N2. The highest BCUT2D eigenvalue weighted by Gasteiger charge is 2.19. The van der Waals surface area contributed by atoms with Gasteiger partial charge in [-0.15, -0.1) is 0 Å². The van der Waals surface area contributed by atoms with E-state index >= 15 is 0 Å². The smallest absolute Gasteiger partial charge is 0.0429 e. The Labute approximate surface area is 134 Å². The van der Waals surface area contributed by atoms with Gasteiger partial charge in [-0.2, -0.15) is 0 Å². The molecule has 0 spiro atoms. The summed E-state index contributed by atoms with van der Waals surface area (Å²) in [6, 6.07) is 11.2. The van der Waals surface area contributed by atoms with Crippen LogP contribution < -0.4 is 10.6 Å². The van der Waals surface area contributed by atoms with Gasteiger partial charge in [-0.1, -0.05) is 29.8 Å². The largest absolute Gasteiger partial charge is 0.398 e. The second-order valence-electron chi connectivity index (χ2n) is 6.59. The summed E-state index contributed by atoms with van der Waals surface area (Å²) in [5.74, 6) is 0. The number of hydrogen-bond donors (Lipinski definition) is 1. The SMILES string of the molecule is Cc1ccc(CN2CCCCc3c2cc(C)c(N)c3C)cc1. The lowest BCUT2D eigenvalue weighted by Crippen LogP contribution is -2.24. The minimum atomic E-state index is 0.968. The summed E-state index contributed by atoms with van der Waals surface area (Å²) in [6.07, 6.45) is 3.65. The van der Waals surface area contributed by atoms with Crippen molar-refractivity contribution in [1.29, 1.82) is 0 Å². The number of nitrogens with zero attached hydrogens (tertiary/aromatic N) is 1. The Morgan fingerprint density at radius 3 is 2.50 bits per heavy atom. The molecule has 2 heteroatoms. The lowest BCUT2D eigenvalue weighted by atomic mass is 9.97. The van der Waals surface area contributed by atoms with Crippen LogP contribution in [-0.4, -0.2) is 6.54 Å². The first-order chi connectivity index (χ1) is 10.6. The Kier molecular flexibility index (Phi) is 4.10. The Hall–Kier alpha value is -1.96. The summed E-state index contributed by atoms with van der Waals surface area (Å²) in [5, 5.41) is 0. The number of nitrogens with two attached hydrogens (primary N) is 1. The predicted octanol–water partition coefficient (Wildman–Crippen LogP) is 4.54. The zero-order chi connectivity index (χ0) is 15.7. The topological polar surface area (TPSA) is 29.3 Å². The predicted molar refractivity (Wildman–Crippen MR) is 95.5 cm³/mol. The van der Waals surface area contributed by atoms with Gasteiger partial charge >= 0.3 is 0 Å². The van der Waals surface area contributed by atoms with Crippen LogP contribution in [-0.2, 0) is 13.0 Å². The van der Waals surface area contributed by atoms with Crippen molar-refractivity contribution in [2.45, 2.75) is 46.6 Å². The third-order valence-corrected chi connectivity index (χ3v) is 4.88. The molecule has 0 saturated heterocycles. The average Bonchev–Trinajstić information content (AvgIpc) is 2.70. The van der Waals surface area contributed by atoms with Crippen molar-refractivity contribution in [3.8, 4) is 0 Å². The fraction of sp³-hybridized carbons (Fsp3) is 0.400. The Balaban J connectivity index is 1.98. The third-order valence-electron chi connectivity index (χ3n) is 4.88. The van der Waals surface area contributed by atoms with Crippen LogP contribution in [0.25, 0.3) is 0 Å². The molecule has 0 aliphatic carbocycles. The van der Waals surface area contributed by atoms with Crippen LogP contribution in [0.5, 0.6) is 0 Å². The molecule has 1 aliphatic heterocycles. The number of nitrogen functional groups attached to an aromatic ring is 1. The van der Waals surface area contributed by atoms with Gasteiger partial charge in [-0.05, 0) is 68.4 Å². The standard InChI is InChI=1S/C20H26N2/c1-14-7-9-17(10-8-14)13-22-11-5-4-6-18-16(3)20(21)15(2)12-19(18)22/h7-10,12H,4-6,11,13,21H2,1-3H3. The molecular weight excluding hydrogens is 268 g/mol. The number of fused-ring (bicyclic) bond motifs is 1. The van der Waals surface area contributed by atoms with Crippen molar-refractivity contribution in [2.75, 3.05) is 17.2 Å². The van der Waals surface area contributed by atoms with Gasteiger partial charge in [0.1, 0.15) is 0 Å². The van der Waals surface area contributed by atoms with Gasteiger partial charge < -0.3 is 10.6 Å². The van der Waals surface area contributed by atoms with Gasteiger partial charge in [-0.25, -0.2) is 0 Å². The summed E-state index contributed by atoms with van der Waals surface area (Å²) in [4.78, 5) is 2.53. The fourth-order valence-electron chi connectivity index (χ4n) is 3.42. The number of anilines is 2. The van der Waals surface area contributed by atoms with Crippen LogP contribution in [0, 0.1) is 20.8 Å². The van der Waals surface area contributed by atoms with Crippen LogP contribution >= 0.6 is 0 Å². The molecule has 0 aromatic heterocycles. The quantitative estimate of drug-likeness (QED) is 0.824. The molecule has 0 atom stereocenters. The van der Waals surface area contributed by atoms with E-state index in [4.69, 9.17) is 5.73 Å². The Morgan fingerprint density at radius 2 is 1.77 bits per heavy atom. The summed E-state index contributed by atoms with van der Waals surface area (Å²) in [5.41, 5.74) is 15.2. The average molecular weight is 294 g/mol. The molecule has 2 aromatic rings. The van der Waals surface area contributed by atoms with Gasteiger partial charge in [0.05, 0.1) is 0 Å². The first-order valence-corrected chi connectivity index (χ1v) is 8.25. The van der Waals surface area contributed by atoms with E-state index < -0.39 is 0 Å². The molecule has 2 aromatic carbocycles. The van der Waals surface area contributed by atoms with E-state index in [9.17, 15) is 0 Å². The number of aryl methyl sites for hydroxylation is 2. The van der Waals surface area contributed by atoms with Gasteiger partial charge in [-0.3, -0.25) is 0 Å². The molecule has 2 nitrogen and oxygen atoms in total. The molecule has 1 aliphatic rings. The van der Waals surface area contributed by atoms with Gasteiger partial charge in [0.25, 0.3) is 0 Å². The van der Waals surface area contributed by atoms with E-state index in [2.05, 4.69) is 56.0 Å². The molecule has 2 N–H and O–H groups in total. The summed E-state index contributed by atoms with van der Waals surface area (Å²) >= 11 is 0. The van der Waals surface area contributed by atoms with E-state index in [0.717, 1.165) is 25.2 Å². The van der Waals surface area contributed by atoms with Crippen molar-refractivity contribution in [3.63, 3.8) is 0 Å². The third kappa shape index (κ3) is 2.83. The number of benzene rings is 2. The molecule has 0 radical (unpaired) electrons. The second-order valence-corrected chi connectivity index (χ2v) is 6.59. The van der Waals surface area contributed by atoms with E-state index in [1.165, 1.54) is 46.3 Å². The summed E-state index contributed by atoms with van der Waals surface area (Å²) in [6.45, 7) is 8.55. The molecule has 0 unspecified atom stereocenters. The highest BCUT2D eigenvalue weighted by Crippen LogP contribution is 2.35. The second kappa shape index (κ2) is 6.04. The highest BCUT2D eigenvalue weighted by molar-refractivity contribution is 5.69. The summed E-state index contributed by atoms with van der Waals surface area (Å²) < 4.78 is 0. The van der Waals surface area contributed by atoms with Gasteiger partial charge in [0.2, 0.25) is 0 Å². The first kappa shape index (κ1) is 15.0. The monoisotopic (exact) mass is 294 g/mol. The van der Waals surface area contributed by atoms with Crippen molar-refractivity contribution in [1.82, 2.24) is 0 Å². The zero-order valence-electron chi connectivity index (χ0n) is 13.9. The van der Waals surface area contributed by atoms with Crippen LogP contribution in [0.15, 0.2) is 30.3 Å². The Bertz CT molecular complexity index is 671. The zero-order valence-corrected chi connectivity index (χ0v) is 13.9. The maximum atomic E-state index is 6.25. The van der Waals surface area contributed by atoms with E-state index in [1.807, 2.05) is 0 Å². The van der Waals surface area contributed by atoms with Gasteiger partial charge in [0.15, 0.2) is 0 Å². The van der Waals surface area contributed by atoms with Crippen LogP contribution in [0.4, 0.5) is 11.4 Å². The fourth-order valence-corrected chi connectivity index (χ4v) is 3.42. The lowest BCUT2D eigenvalue weighted by molar-refractivity contribution is 0.714. The summed E-state index contributed by atoms with van der Waals surface area (Å²) in [7, 11) is 0. The number of rotatable bonds is 2. The minimum absolute atomic E-state index is 0.968. The highest BCUT2D eigenvalue weighted by atomic mass is 15.1.